The van der Waals surface area contributed by atoms with Crippen molar-refractivity contribution in [2.45, 2.75) is 19.9 Å². The highest BCUT2D eigenvalue weighted by Gasteiger charge is 2.48. The van der Waals surface area contributed by atoms with E-state index in [0.717, 1.165) is 4.90 Å². The molecule has 0 bridgehead atoms. The fourth-order valence-corrected chi connectivity index (χ4v) is 3.53. The third-order valence-electron chi connectivity index (χ3n) is 4.93. The van der Waals surface area contributed by atoms with E-state index in [2.05, 4.69) is 5.16 Å². The molecule has 4 rings (SSSR count). The van der Waals surface area contributed by atoms with Crippen LogP contribution >= 0.6 is 0 Å². The molecular weight excluding hydrogens is 403 g/mol. The van der Waals surface area contributed by atoms with Crippen LogP contribution in [0.25, 0.3) is 5.76 Å². The molecule has 0 spiro atoms. The molecule has 1 amide bonds. The number of benzene rings is 2. The molecule has 1 fully saturated rings. The molecule has 1 aliphatic rings. The van der Waals surface area contributed by atoms with Crippen molar-refractivity contribution < 1.29 is 28.3 Å². The second-order valence-corrected chi connectivity index (χ2v) is 6.97. The van der Waals surface area contributed by atoms with Gasteiger partial charge in [0.15, 0.2) is 5.82 Å². The number of nitrogens with zero attached hydrogens (tertiary/aromatic N) is 2. The Bertz CT molecular complexity index is 1170. The molecule has 0 saturated carbocycles. The Morgan fingerprint density at radius 3 is 2.42 bits per heavy atom. The van der Waals surface area contributed by atoms with Crippen LogP contribution in [0.5, 0.6) is 5.75 Å². The Kier molecular flexibility index (Phi) is 5.29. The number of amides is 1. The van der Waals surface area contributed by atoms with Crippen LogP contribution in [0.1, 0.15) is 29.9 Å². The van der Waals surface area contributed by atoms with Crippen LogP contribution in [0, 0.1) is 12.7 Å². The maximum Gasteiger partial charge on any atom is 0.301 e. The van der Waals surface area contributed by atoms with Gasteiger partial charge in [0, 0.05) is 11.6 Å². The smallest absolute Gasteiger partial charge is 0.301 e. The number of halogens is 1. The van der Waals surface area contributed by atoms with Crippen molar-refractivity contribution in [1.29, 1.82) is 0 Å². The van der Waals surface area contributed by atoms with Crippen molar-refractivity contribution in [3.63, 3.8) is 0 Å². The van der Waals surface area contributed by atoms with Crippen LogP contribution in [0.3, 0.4) is 0 Å². The van der Waals surface area contributed by atoms with E-state index in [1.807, 2.05) is 6.92 Å². The number of aliphatic hydroxyl groups is 1. The summed E-state index contributed by atoms with van der Waals surface area (Å²) in [5, 5.41) is 14.9. The average molecular weight is 422 g/mol. The lowest BCUT2D eigenvalue weighted by Crippen LogP contribution is -2.29. The van der Waals surface area contributed by atoms with E-state index >= 15 is 0 Å². The van der Waals surface area contributed by atoms with Crippen LogP contribution in [-0.4, -0.2) is 28.6 Å². The first-order valence-corrected chi connectivity index (χ1v) is 9.63. The lowest BCUT2D eigenvalue weighted by Gasteiger charge is -2.22. The van der Waals surface area contributed by atoms with E-state index in [0.29, 0.717) is 29.2 Å². The predicted molar refractivity (Wildman–Crippen MR) is 110 cm³/mol. The number of hydrogen-bond donors (Lipinski definition) is 1. The molecule has 1 saturated heterocycles. The summed E-state index contributed by atoms with van der Waals surface area (Å²) in [4.78, 5) is 27.0. The maximum absolute atomic E-state index is 13.5. The number of carbonyl (C=O) groups excluding carboxylic acids is 2. The number of anilines is 1. The Hall–Kier alpha value is -3.94. The quantitative estimate of drug-likeness (QED) is 0.377. The molecule has 1 aromatic heterocycles. The Morgan fingerprint density at radius 1 is 1.16 bits per heavy atom. The van der Waals surface area contributed by atoms with E-state index in [9.17, 15) is 19.1 Å². The van der Waals surface area contributed by atoms with Gasteiger partial charge in [-0.05, 0) is 55.8 Å². The van der Waals surface area contributed by atoms with Gasteiger partial charge >= 0.3 is 5.91 Å². The minimum Gasteiger partial charge on any atom is -0.507 e. The maximum atomic E-state index is 13.5. The van der Waals surface area contributed by atoms with Crippen LogP contribution in [0.2, 0.25) is 0 Å². The summed E-state index contributed by atoms with van der Waals surface area (Å²) in [7, 11) is 0. The fraction of sp³-hybridized carbons (Fsp3) is 0.174. The summed E-state index contributed by atoms with van der Waals surface area (Å²) in [5.41, 5.74) is 0.653. The number of hydrogen-bond acceptors (Lipinski definition) is 6. The molecule has 1 N–H and O–H groups in total. The lowest BCUT2D eigenvalue weighted by atomic mass is 9.95. The van der Waals surface area contributed by atoms with Crippen LogP contribution < -0.4 is 9.64 Å². The van der Waals surface area contributed by atoms with Crippen molar-refractivity contribution in [2.24, 2.45) is 0 Å². The molecule has 1 atom stereocenters. The van der Waals surface area contributed by atoms with Crippen molar-refractivity contribution in [3.8, 4) is 5.75 Å². The number of aromatic nitrogens is 1. The number of ether oxygens (including phenoxy) is 1. The van der Waals surface area contributed by atoms with Gasteiger partial charge in [-0.2, -0.15) is 0 Å². The highest BCUT2D eigenvalue weighted by molar-refractivity contribution is 6.51. The van der Waals surface area contributed by atoms with Gasteiger partial charge < -0.3 is 14.4 Å². The lowest BCUT2D eigenvalue weighted by molar-refractivity contribution is -0.132. The van der Waals surface area contributed by atoms with Crippen LogP contribution in [0.4, 0.5) is 10.2 Å². The summed E-state index contributed by atoms with van der Waals surface area (Å²) in [6, 6.07) is 12.4. The van der Waals surface area contributed by atoms with Gasteiger partial charge in [0.2, 0.25) is 0 Å². The molecular formula is C23H19FN2O5. The van der Waals surface area contributed by atoms with Crippen molar-refractivity contribution in [2.75, 3.05) is 11.5 Å². The highest BCUT2D eigenvalue weighted by atomic mass is 19.1. The minimum absolute atomic E-state index is 0.124. The minimum atomic E-state index is -1.00. The summed E-state index contributed by atoms with van der Waals surface area (Å²) >= 11 is 0. The van der Waals surface area contributed by atoms with E-state index in [1.165, 1.54) is 30.3 Å². The first-order valence-electron chi connectivity index (χ1n) is 9.63. The van der Waals surface area contributed by atoms with Crippen molar-refractivity contribution in [3.05, 3.63) is 82.9 Å². The van der Waals surface area contributed by atoms with Gasteiger partial charge in [-0.25, -0.2) is 4.39 Å². The third-order valence-corrected chi connectivity index (χ3v) is 4.93. The molecule has 31 heavy (non-hydrogen) atoms. The highest BCUT2D eigenvalue weighted by Crippen LogP contribution is 2.42. The number of Topliss-reactive ketones (excluding diaryl/α,β-unsaturated/α-hetero) is 1. The number of aryl methyl sites for hydroxylation is 1. The molecule has 0 unspecified atom stereocenters. The molecule has 158 valence electrons. The second kappa shape index (κ2) is 8.06. The number of rotatable bonds is 5. The fourth-order valence-electron chi connectivity index (χ4n) is 3.53. The van der Waals surface area contributed by atoms with E-state index in [-0.39, 0.29) is 17.2 Å². The van der Waals surface area contributed by atoms with Crippen LogP contribution in [0.15, 0.2) is 64.7 Å². The zero-order valence-corrected chi connectivity index (χ0v) is 16.8. The summed E-state index contributed by atoms with van der Waals surface area (Å²) in [6.07, 6.45) is 0. The zero-order valence-electron chi connectivity index (χ0n) is 16.8. The second-order valence-electron chi connectivity index (χ2n) is 6.97. The van der Waals surface area contributed by atoms with Crippen molar-refractivity contribution >= 4 is 23.3 Å². The van der Waals surface area contributed by atoms with E-state index in [4.69, 9.17) is 9.26 Å². The molecule has 0 aliphatic carbocycles. The molecule has 8 heteroatoms. The monoisotopic (exact) mass is 422 g/mol. The molecule has 2 aromatic carbocycles. The standard InChI is InChI=1S/C23H19FN2O5/c1-3-30-17-10-6-15(7-11-17)21(27)19-20(14-4-8-16(24)9-5-14)26(23(29)22(19)28)18-12-13(2)31-25-18/h4-12,20,27H,3H2,1-2H3/t20-/m0/s1. The van der Waals surface area contributed by atoms with Crippen molar-refractivity contribution in [1.82, 2.24) is 5.16 Å². The van der Waals surface area contributed by atoms with Gasteiger partial charge in [0.25, 0.3) is 5.78 Å². The molecule has 2 heterocycles. The first kappa shape index (κ1) is 20.3. The first-order chi connectivity index (χ1) is 14.9. The zero-order chi connectivity index (χ0) is 22.1. The number of ketones is 1. The van der Waals surface area contributed by atoms with E-state index < -0.39 is 23.5 Å². The number of carbonyl (C=O) groups is 2. The van der Waals surface area contributed by atoms with Gasteiger partial charge in [-0.15, -0.1) is 0 Å². The topological polar surface area (TPSA) is 92.9 Å². The Labute approximate surface area is 177 Å². The molecule has 0 radical (unpaired) electrons. The third kappa shape index (κ3) is 3.68. The number of aliphatic hydroxyl groups excluding tert-OH is 1. The van der Waals surface area contributed by atoms with Crippen LogP contribution in [-0.2, 0) is 9.59 Å². The van der Waals surface area contributed by atoms with E-state index in [1.54, 1.807) is 31.2 Å². The average Bonchev–Trinajstić information content (AvgIpc) is 3.30. The van der Waals surface area contributed by atoms with Gasteiger partial charge in [-0.1, -0.05) is 17.3 Å². The molecule has 3 aromatic rings. The normalized spacial score (nSPS) is 17.9. The molecule has 7 nitrogen and oxygen atoms in total. The van der Waals surface area contributed by atoms with Gasteiger partial charge in [-0.3, -0.25) is 14.5 Å². The van der Waals surface area contributed by atoms with Gasteiger partial charge in [0.05, 0.1) is 18.2 Å². The Balaban J connectivity index is 1.87. The predicted octanol–water partition coefficient (Wildman–Crippen LogP) is 4.15. The molecule has 1 aliphatic heterocycles. The largest absolute Gasteiger partial charge is 0.507 e. The summed E-state index contributed by atoms with van der Waals surface area (Å²) < 4.78 is 24.0. The van der Waals surface area contributed by atoms with Gasteiger partial charge in [0.1, 0.15) is 23.1 Å². The Morgan fingerprint density at radius 2 is 1.84 bits per heavy atom. The summed E-state index contributed by atoms with van der Waals surface area (Å²) in [6.45, 7) is 3.99. The SMILES string of the molecule is CCOc1ccc(C(O)=C2C(=O)C(=O)N(c3cc(C)on3)[C@H]2c2ccc(F)cc2)cc1. The summed E-state index contributed by atoms with van der Waals surface area (Å²) in [5.74, 6) is -1.38.